The molecule has 2 heterocycles. The predicted molar refractivity (Wildman–Crippen MR) is 130 cm³/mol. The monoisotopic (exact) mass is 481 g/mol. The van der Waals surface area contributed by atoms with Crippen molar-refractivity contribution in [1.82, 2.24) is 15.2 Å². The van der Waals surface area contributed by atoms with Crippen LogP contribution in [-0.4, -0.2) is 64.9 Å². The zero-order valence-electron chi connectivity index (χ0n) is 20.2. The molecule has 1 aliphatic rings. The van der Waals surface area contributed by atoms with Crippen molar-refractivity contribution >= 4 is 23.1 Å². The minimum atomic E-state index is -0.502. The van der Waals surface area contributed by atoms with Crippen molar-refractivity contribution in [2.75, 3.05) is 26.2 Å². The third-order valence-electron chi connectivity index (χ3n) is 5.54. The fourth-order valence-electron chi connectivity index (χ4n) is 3.81. The van der Waals surface area contributed by atoms with Crippen LogP contribution in [0.2, 0.25) is 0 Å². The molecule has 1 saturated heterocycles. The molecule has 35 heavy (non-hydrogen) atoms. The maximum absolute atomic E-state index is 12.2. The highest BCUT2D eigenvalue weighted by atomic mass is 16.6. The van der Waals surface area contributed by atoms with Crippen molar-refractivity contribution in [3.8, 4) is 17.2 Å². The average molecular weight is 482 g/mol. The first-order valence-electron chi connectivity index (χ1n) is 11.8. The van der Waals surface area contributed by atoms with Crippen molar-refractivity contribution in [2.45, 2.75) is 45.3 Å². The Kier molecular flexibility index (Phi) is 7.25. The fraction of sp³-hybridized carbons (Fsp3) is 0.423. The molecule has 2 amide bonds. The number of aromatic nitrogens is 1. The predicted octanol–water partition coefficient (Wildman–Crippen LogP) is 4.00. The number of nitrogens with zero attached hydrogens (tertiary/aromatic N) is 2. The summed E-state index contributed by atoms with van der Waals surface area (Å²) in [5, 5.41) is 11.5. The Balaban J connectivity index is 1.35. The number of hydrogen-bond acceptors (Lipinski definition) is 7. The standard InChI is InChI=1S/C26H31N3O6/c1-26(2,3)35-25(32)29-13-10-20(11-14-29)33-19-7-4-17(5-8-19)24-28-21-16-18(6-9-22(21)34-24)23(31)27-12-15-30/h4-9,16,20,30H,10-15H2,1-3H3,(H,27,31). The minimum absolute atomic E-state index is 0.0271. The van der Waals surface area contributed by atoms with E-state index in [1.54, 1.807) is 23.1 Å². The summed E-state index contributed by atoms with van der Waals surface area (Å²) < 4.78 is 17.4. The number of carbonyl (C=O) groups is 2. The summed E-state index contributed by atoms with van der Waals surface area (Å²) in [5.41, 5.74) is 1.90. The number of aliphatic hydroxyl groups excluding tert-OH is 1. The minimum Gasteiger partial charge on any atom is -0.490 e. The van der Waals surface area contributed by atoms with Gasteiger partial charge in [0, 0.05) is 43.6 Å². The zero-order valence-corrected chi connectivity index (χ0v) is 20.2. The molecule has 1 fully saturated rings. The summed E-state index contributed by atoms with van der Waals surface area (Å²) in [7, 11) is 0. The molecule has 4 rings (SSSR count). The molecule has 0 radical (unpaired) electrons. The van der Waals surface area contributed by atoms with Crippen LogP contribution in [0.15, 0.2) is 46.9 Å². The van der Waals surface area contributed by atoms with E-state index in [0.29, 0.717) is 35.6 Å². The molecule has 0 aliphatic carbocycles. The summed E-state index contributed by atoms with van der Waals surface area (Å²) in [5.74, 6) is 0.914. The number of amides is 2. The lowest BCUT2D eigenvalue weighted by atomic mass is 10.1. The van der Waals surface area contributed by atoms with E-state index in [1.807, 2.05) is 45.0 Å². The molecule has 0 atom stereocenters. The smallest absolute Gasteiger partial charge is 0.410 e. The maximum atomic E-state index is 12.2. The van der Waals surface area contributed by atoms with E-state index in [-0.39, 0.29) is 31.3 Å². The summed E-state index contributed by atoms with van der Waals surface area (Å²) in [4.78, 5) is 30.6. The lowest BCUT2D eigenvalue weighted by Crippen LogP contribution is -2.44. The topological polar surface area (TPSA) is 114 Å². The number of ether oxygens (including phenoxy) is 2. The number of aliphatic hydroxyl groups is 1. The number of nitrogens with one attached hydrogen (secondary N) is 1. The molecule has 0 unspecified atom stereocenters. The molecule has 9 heteroatoms. The van der Waals surface area contributed by atoms with Gasteiger partial charge in [0.25, 0.3) is 5.91 Å². The average Bonchev–Trinajstić information content (AvgIpc) is 3.26. The molecule has 2 N–H and O–H groups in total. The first-order valence-corrected chi connectivity index (χ1v) is 11.8. The van der Waals surface area contributed by atoms with Gasteiger partial charge in [0.1, 0.15) is 23.0 Å². The van der Waals surface area contributed by atoms with Gasteiger partial charge in [0.05, 0.1) is 6.61 Å². The molecule has 2 aromatic carbocycles. The van der Waals surface area contributed by atoms with Crippen LogP contribution in [0.5, 0.6) is 5.75 Å². The van der Waals surface area contributed by atoms with Gasteiger partial charge >= 0.3 is 6.09 Å². The number of piperidine rings is 1. The van der Waals surface area contributed by atoms with Crippen LogP contribution in [-0.2, 0) is 4.74 Å². The Hall–Kier alpha value is -3.59. The van der Waals surface area contributed by atoms with E-state index in [2.05, 4.69) is 10.3 Å². The molecular weight excluding hydrogens is 450 g/mol. The Bertz CT molecular complexity index is 1170. The highest BCUT2D eigenvalue weighted by Gasteiger charge is 2.27. The first-order chi connectivity index (χ1) is 16.7. The van der Waals surface area contributed by atoms with Gasteiger partial charge in [-0.25, -0.2) is 9.78 Å². The third-order valence-corrected chi connectivity index (χ3v) is 5.54. The van der Waals surface area contributed by atoms with Gasteiger partial charge in [0.15, 0.2) is 5.58 Å². The SMILES string of the molecule is CC(C)(C)OC(=O)N1CCC(Oc2ccc(-c3nc4cc(C(=O)NCCO)ccc4o3)cc2)CC1. The van der Waals surface area contributed by atoms with Crippen molar-refractivity contribution in [2.24, 2.45) is 0 Å². The lowest BCUT2D eigenvalue weighted by molar-refractivity contribution is 0.0126. The lowest BCUT2D eigenvalue weighted by Gasteiger charge is -2.33. The van der Waals surface area contributed by atoms with Gasteiger partial charge in [-0.05, 0) is 63.2 Å². The van der Waals surface area contributed by atoms with Gasteiger partial charge in [-0.15, -0.1) is 0 Å². The number of likely N-dealkylation sites (tertiary alicyclic amines) is 1. The summed E-state index contributed by atoms with van der Waals surface area (Å²) >= 11 is 0. The van der Waals surface area contributed by atoms with Crippen LogP contribution in [0.1, 0.15) is 44.0 Å². The van der Waals surface area contributed by atoms with E-state index in [9.17, 15) is 9.59 Å². The Labute approximate surface area is 204 Å². The summed E-state index contributed by atoms with van der Waals surface area (Å²) in [6.45, 7) is 6.86. The second-order valence-corrected chi connectivity index (χ2v) is 9.49. The first kappa shape index (κ1) is 24.5. The number of hydrogen-bond donors (Lipinski definition) is 2. The van der Waals surface area contributed by atoms with Crippen LogP contribution >= 0.6 is 0 Å². The van der Waals surface area contributed by atoms with Gasteiger partial charge in [-0.1, -0.05) is 0 Å². The Morgan fingerprint density at radius 3 is 2.51 bits per heavy atom. The van der Waals surface area contributed by atoms with E-state index in [4.69, 9.17) is 19.0 Å². The van der Waals surface area contributed by atoms with E-state index in [0.717, 1.165) is 24.2 Å². The number of rotatable bonds is 6. The van der Waals surface area contributed by atoms with Crippen LogP contribution in [0, 0.1) is 0 Å². The Morgan fingerprint density at radius 1 is 1.14 bits per heavy atom. The fourth-order valence-corrected chi connectivity index (χ4v) is 3.81. The second kappa shape index (κ2) is 10.4. The third kappa shape index (κ3) is 6.30. The van der Waals surface area contributed by atoms with Gasteiger partial charge in [0.2, 0.25) is 5.89 Å². The van der Waals surface area contributed by atoms with Crippen molar-refractivity contribution in [3.05, 3.63) is 48.0 Å². The molecule has 186 valence electrons. The van der Waals surface area contributed by atoms with Crippen molar-refractivity contribution < 1.29 is 28.6 Å². The summed E-state index contributed by atoms with van der Waals surface area (Å²) in [6.07, 6.45) is 1.22. The molecule has 0 spiro atoms. The van der Waals surface area contributed by atoms with Crippen molar-refractivity contribution in [1.29, 1.82) is 0 Å². The highest BCUT2D eigenvalue weighted by molar-refractivity contribution is 5.97. The van der Waals surface area contributed by atoms with Crippen LogP contribution in [0.25, 0.3) is 22.6 Å². The van der Waals surface area contributed by atoms with Crippen LogP contribution in [0.3, 0.4) is 0 Å². The number of oxazole rings is 1. The molecule has 0 saturated carbocycles. The molecule has 1 aromatic heterocycles. The molecule has 1 aliphatic heterocycles. The van der Waals surface area contributed by atoms with E-state index in [1.165, 1.54) is 0 Å². The second-order valence-electron chi connectivity index (χ2n) is 9.49. The van der Waals surface area contributed by atoms with Gasteiger partial charge < -0.3 is 29.2 Å². The number of benzene rings is 2. The number of carbonyl (C=O) groups excluding carboxylic acids is 2. The zero-order chi connectivity index (χ0) is 25.0. The molecule has 3 aromatic rings. The maximum Gasteiger partial charge on any atom is 0.410 e. The molecular formula is C26H31N3O6. The normalized spacial score (nSPS) is 14.7. The molecule has 9 nitrogen and oxygen atoms in total. The quantitative estimate of drug-likeness (QED) is 0.547. The Morgan fingerprint density at radius 2 is 1.86 bits per heavy atom. The van der Waals surface area contributed by atoms with Crippen LogP contribution < -0.4 is 10.1 Å². The highest BCUT2D eigenvalue weighted by Crippen LogP contribution is 2.28. The summed E-state index contributed by atoms with van der Waals surface area (Å²) in [6, 6.07) is 12.5. The largest absolute Gasteiger partial charge is 0.490 e. The van der Waals surface area contributed by atoms with Crippen LogP contribution in [0.4, 0.5) is 4.79 Å². The molecule has 0 bridgehead atoms. The van der Waals surface area contributed by atoms with Gasteiger partial charge in [-0.2, -0.15) is 0 Å². The van der Waals surface area contributed by atoms with E-state index >= 15 is 0 Å². The van der Waals surface area contributed by atoms with Gasteiger partial charge in [-0.3, -0.25) is 4.79 Å². The van der Waals surface area contributed by atoms with E-state index < -0.39 is 5.60 Å². The van der Waals surface area contributed by atoms with Crippen molar-refractivity contribution in [3.63, 3.8) is 0 Å². The number of fused-ring (bicyclic) bond motifs is 1.